The van der Waals surface area contributed by atoms with Crippen LogP contribution in [0.2, 0.25) is 0 Å². The van der Waals surface area contributed by atoms with Gasteiger partial charge in [-0.2, -0.15) is 0 Å². The second-order valence-corrected chi connectivity index (χ2v) is 6.99. The molecule has 0 fully saturated rings. The summed E-state index contributed by atoms with van der Waals surface area (Å²) in [5.74, 6) is 0. The van der Waals surface area contributed by atoms with Crippen molar-refractivity contribution < 1.29 is 0 Å². The minimum atomic E-state index is 0.219. The number of fused-ring (bicyclic) bond motifs is 1. The minimum absolute atomic E-state index is 0.219. The van der Waals surface area contributed by atoms with E-state index in [1.165, 1.54) is 36.4 Å². The van der Waals surface area contributed by atoms with Gasteiger partial charge in [0.2, 0.25) is 0 Å². The number of aromatic nitrogens is 1. The number of rotatable bonds is 7. The molecule has 0 radical (unpaired) electrons. The van der Waals surface area contributed by atoms with Gasteiger partial charge in [-0.1, -0.05) is 0 Å². The quantitative estimate of drug-likeness (QED) is 0.567. The maximum atomic E-state index is 12.1. The summed E-state index contributed by atoms with van der Waals surface area (Å²) in [6, 6.07) is 8.04. The average Bonchev–Trinajstić information content (AvgIpc) is 2.71. The fraction of sp³-hybridized carbons (Fsp3) is 0.533. The molecule has 0 N–H and O–H groups in total. The van der Waals surface area contributed by atoms with E-state index in [-0.39, 0.29) is 20.3 Å². The van der Waals surface area contributed by atoms with Crippen molar-refractivity contribution in [3.8, 4) is 0 Å². The molecule has 2 nitrogen and oxygen atoms in total. The summed E-state index contributed by atoms with van der Waals surface area (Å²) < 4.78 is 3.30. The molecule has 0 aliphatic heterocycles. The van der Waals surface area contributed by atoms with Gasteiger partial charge in [0.05, 0.1) is 0 Å². The number of nitrogens with zero attached hydrogens (tertiary/aromatic N) is 1. The van der Waals surface area contributed by atoms with Crippen LogP contribution in [0.15, 0.2) is 29.1 Å². The molecule has 1 heterocycles. The molecule has 0 atom stereocenters. The van der Waals surface area contributed by atoms with Crippen molar-refractivity contribution in [2.24, 2.45) is 0 Å². The van der Waals surface area contributed by atoms with Crippen LogP contribution in [0, 0.1) is 0 Å². The summed E-state index contributed by atoms with van der Waals surface area (Å²) in [6.07, 6.45) is 7.72. The Labute approximate surface area is 115 Å². The third kappa shape index (κ3) is 3.36. The van der Waals surface area contributed by atoms with Crippen LogP contribution < -0.4 is 5.56 Å². The zero-order valence-corrected chi connectivity index (χ0v) is 12.7. The molecular formula is C15H21NOSe. The van der Waals surface area contributed by atoms with E-state index in [9.17, 15) is 4.79 Å². The SMILES string of the molecule is CCCCCCCCn1[se]c2ccccc2c1=O. The van der Waals surface area contributed by atoms with Crippen LogP contribution >= 0.6 is 0 Å². The Balaban J connectivity index is 1.88. The van der Waals surface area contributed by atoms with Crippen molar-refractivity contribution in [1.82, 2.24) is 3.56 Å². The van der Waals surface area contributed by atoms with Gasteiger partial charge in [0.25, 0.3) is 0 Å². The number of benzene rings is 1. The van der Waals surface area contributed by atoms with Gasteiger partial charge < -0.3 is 0 Å². The molecule has 3 heteroatoms. The Hall–Kier alpha value is -0.791. The first-order valence-corrected chi connectivity index (χ1v) is 8.54. The van der Waals surface area contributed by atoms with E-state index < -0.39 is 0 Å². The predicted molar refractivity (Wildman–Crippen MR) is 78.5 cm³/mol. The van der Waals surface area contributed by atoms with E-state index in [0.717, 1.165) is 18.4 Å². The first-order chi connectivity index (χ1) is 8.83. The normalized spacial score (nSPS) is 11.2. The van der Waals surface area contributed by atoms with Gasteiger partial charge in [0.1, 0.15) is 0 Å². The summed E-state index contributed by atoms with van der Waals surface area (Å²) in [7, 11) is 0. The molecule has 0 unspecified atom stereocenters. The maximum absolute atomic E-state index is 12.1. The van der Waals surface area contributed by atoms with Crippen LogP contribution in [0.25, 0.3) is 9.65 Å². The summed E-state index contributed by atoms with van der Waals surface area (Å²) in [6.45, 7) is 3.18. The Morgan fingerprint density at radius 3 is 2.56 bits per heavy atom. The van der Waals surface area contributed by atoms with E-state index in [4.69, 9.17) is 0 Å². The summed E-state index contributed by atoms with van der Waals surface area (Å²) in [4.78, 5) is 12.1. The Kier molecular flexibility index (Phi) is 5.27. The van der Waals surface area contributed by atoms with Gasteiger partial charge in [-0.3, -0.25) is 0 Å². The molecule has 0 spiro atoms. The van der Waals surface area contributed by atoms with Crippen LogP contribution in [0.1, 0.15) is 45.4 Å². The van der Waals surface area contributed by atoms with Gasteiger partial charge >= 0.3 is 115 Å². The molecule has 18 heavy (non-hydrogen) atoms. The molecule has 0 saturated carbocycles. The fourth-order valence-corrected chi connectivity index (χ4v) is 4.37. The second-order valence-electron chi connectivity index (χ2n) is 4.76. The first-order valence-electron chi connectivity index (χ1n) is 6.92. The van der Waals surface area contributed by atoms with Crippen molar-refractivity contribution in [3.05, 3.63) is 34.6 Å². The van der Waals surface area contributed by atoms with Crippen molar-refractivity contribution in [1.29, 1.82) is 0 Å². The average molecular weight is 310 g/mol. The Morgan fingerprint density at radius 1 is 1.06 bits per heavy atom. The molecule has 1 aromatic carbocycles. The number of aryl methyl sites for hydroxylation is 1. The van der Waals surface area contributed by atoms with E-state index in [0.29, 0.717) is 0 Å². The van der Waals surface area contributed by atoms with Crippen LogP contribution in [0.3, 0.4) is 0 Å². The van der Waals surface area contributed by atoms with E-state index in [1.54, 1.807) is 0 Å². The van der Waals surface area contributed by atoms with E-state index >= 15 is 0 Å². The number of unbranched alkanes of at least 4 members (excludes halogenated alkanes) is 5. The molecule has 2 aromatic rings. The Bertz CT molecular complexity index is 541. The van der Waals surface area contributed by atoms with Crippen molar-refractivity contribution in [2.45, 2.75) is 52.0 Å². The molecule has 0 aliphatic carbocycles. The summed E-state index contributed by atoms with van der Waals surface area (Å²) >= 11 is 0.219. The van der Waals surface area contributed by atoms with Gasteiger partial charge in [0.15, 0.2) is 0 Å². The molecule has 0 aliphatic rings. The van der Waals surface area contributed by atoms with Crippen molar-refractivity contribution in [2.75, 3.05) is 0 Å². The zero-order valence-electron chi connectivity index (χ0n) is 11.0. The standard InChI is InChI=1S/C15H21NOSe/c1-2-3-4-5-6-9-12-16-15(17)13-10-7-8-11-14(13)18-16/h7-8,10-11H,2-6,9,12H2,1H3. The van der Waals surface area contributed by atoms with Crippen LogP contribution in [-0.2, 0) is 6.54 Å². The zero-order chi connectivity index (χ0) is 12.8. The molecule has 0 amide bonds. The molecule has 0 bridgehead atoms. The van der Waals surface area contributed by atoms with E-state index in [1.807, 2.05) is 18.2 Å². The van der Waals surface area contributed by atoms with E-state index in [2.05, 4.69) is 16.6 Å². The van der Waals surface area contributed by atoms with Crippen LogP contribution in [0.5, 0.6) is 0 Å². The molecule has 1 aromatic heterocycles. The molecular weight excluding hydrogens is 289 g/mol. The summed E-state index contributed by atoms with van der Waals surface area (Å²) in [5, 5.41) is 0.934. The van der Waals surface area contributed by atoms with Crippen LogP contribution in [-0.4, -0.2) is 18.3 Å². The molecule has 0 saturated heterocycles. The summed E-state index contributed by atoms with van der Waals surface area (Å²) in [5.41, 5.74) is 0.249. The topological polar surface area (TPSA) is 22.0 Å². The fourth-order valence-electron chi connectivity index (χ4n) is 2.20. The van der Waals surface area contributed by atoms with Gasteiger partial charge in [-0.15, -0.1) is 0 Å². The van der Waals surface area contributed by atoms with Gasteiger partial charge in [-0.05, 0) is 0 Å². The molecule has 98 valence electrons. The number of hydrogen-bond acceptors (Lipinski definition) is 1. The predicted octanol–water partition coefficient (Wildman–Crippen LogP) is 3.42. The molecule has 2 rings (SSSR count). The van der Waals surface area contributed by atoms with Crippen molar-refractivity contribution >= 4 is 24.4 Å². The van der Waals surface area contributed by atoms with Crippen LogP contribution in [0.4, 0.5) is 0 Å². The van der Waals surface area contributed by atoms with Gasteiger partial charge in [-0.25, -0.2) is 0 Å². The second kappa shape index (κ2) is 6.96. The first kappa shape index (κ1) is 13.6. The van der Waals surface area contributed by atoms with Gasteiger partial charge in [0, 0.05) is 0 Å². The monoisotopic (exact) mass is 311 g/mol. The van der Waals surface area contributed by atoms with Crippen molar-refractivity contribution in [3.63, 3.8) is 0 Å². The third-order valence-electron chi connectivity index (χ3n) is 3.27. The third-order valence-corrected chi connectivity index (χ3v) is 5.62. The Morgan fingerprint density at radius 2 is 1.78 bits per heavy atom. The number of hydrogen-bond donors (Lipinski definition) is 0.